The molecule has 1 heterocycles. The summed E-state index contributed by atoms with van der Waals surface area (Å²) in [4.78, 5) is 0. The summed E-state index contributed by atoms with van der Waals surface area (Å²) in [5, 5.41) is 22.2. The van der Waals surface area contributed by atoms with Crippen LogP contribution in [0.25, 0.3) is 11.3 Å². The number of rotatable bonds is 2. The first kappa shape index (κ1) is 17.8. The second kappa shape index (κ2) is 5.52. The first-order valence-corrected chi connectivity index (χ1v) is 6.32. The Morgan fingerprint density at radius 2 is 1.54 bits per heavy atom. The molecule has 0 radical (unpaired) electrons. The van der Waals surface area contributed by atoms with Gasteiger partial charge in [0.2, 0.25) is 0 Å². The maximum absolute atomic E-state index is 12.8. The number of hydrogen-bond donors (Lipinski definition) is 1. The van der Waals surface area contributed by atoms with E-state index in [4.69, 9.17) is 5.26 Å². The molecule has 2 rings (SSSR count). The fourth-order valence-electron chi connectivity index (χ4n) is 2.14. The quantitative estimate of drug-likeness (QED) is 0.847. The minimum atomic E-state index is -5.95. The van der Waals surface area contributed by atoms with Gasteiger partial charge in [0, 0.05) is 24.4 Å². The van der Waals surface area contributed by atoms with Crippen molar-refractivity contribution < 1.29 is 31.4 Å². The van der Waals surface area contributed by atoms with Gasteiger partial charge in [-0.3, -0.25) is 4.68 Å². The Bertz CT molecular complexity index is 769. The Hall–Kier alpha value is -2.54. The van der Waals surface area contributed by atoms with E-state index in [0.29, 0.717) is 12.1 Å². The van der Waals surface area contributed by atoms with E-state index in [-0.39, 0.29) is 16.8 Å². The van der Waals surface area contributed by atoms with Crippen molar-refractivity contribution in [3.63, 3.8) is 0 Å². The van der Waals surface area contributed by atoms with Crippen LogP contribution in [0.2, 0.25) is 0 Å². The van der Waals surface area contributed by atoms with Crippen molar-refractivity contribution in [3.05, 3.63) is 41.6 Å². The number of nitriles is 1. The summed E-state index contributed by atoms with van der Waals surface area (Å²) in [7, 11) is 1.50. The van der Waals surface area contributed by atoms with Gasteiger partial charge >= 0.3 is 12.4 Å². The van der Waals surface area contributed by atoms with Crippen molar-refractivity contribution >= 4 is 0 Å². The van der Waals surface area contributed by atoms with Crippen LogP contribution >= 0.6 is 0 Å². The third-order valence-electron chi connectivity index (χ3n) is 3.35. The van der Waals surface area contributed by atoms with Crippen LogP contribution in [0.1, 0.15) is 11.1 Å². The fraction of sp³-hybridized carbons (Fsp3) is 0.286. The summed E-state index contributed by atoms with van der Waals surface area (Å²) in [6.45, 7) is 0. The van der Waals surface area contributed by atoms with Crippen molar-refractivity contribution in [2.45, 2.75) is 18.0 Å². The monoisotopic (exact) mass is 349 g/mol. The Kier molecular flexibility index (Phi) is 4.10. The SMILES string of the molecule is Cn1cc(C#N)c(-c2ccc(C(O)(C(F)(F)F)C(F)(F)F)cc2)n1. The van der Waals surface area contributed by atoms with Gasteiger partial charge in [0.05, 0.1) is 5.56 Å². The number of aryl methyl sites for hydroxylation is 1. The average Bonchev–Trinajstić information content (AvgIpc) is 2.85. The summed E-state index contributed by atoms with van der Waals surface area (Å²) in [5.41, 5.74) is -6.01. The molecule has 0 aliphatic carbocycles. The minimum Gasteiger partial charge on any atom is -0.369 e. The van der Waals surface area contributed by atoms with Gasteiger partial charge < -0.3 is 5.11 Å². The Balaban J connectivity index is 2.54. The summed E-state index contributed by atoms with van der Waals surface area (Å²) >= 11 is 0. The molecule has 0 atom stereocenters. The van der Waals surface area contributed by atoms with Gasteiger partial charge in [-0.05, 0) is 0 Å². The van der Waals surface area contributed by atoms with E-state index < -0.39 is 23.5 Å². The van der Waals surface area contributed by atoms with Crippen LogP contribution in [-0.4, -0.2) is 27.2 Å². The smallest absolute Gasteiger partial charge is 0.369 e. The zero-order valence-corrected chi connectivity index (χ0v) is 11.9. The second-order valence-electron chi connectivity index (χ2n) is 4.96. The van der Waals surface area contributed by atoms with Crippen LogP contribution in [0.4, 0.5) is 26.3 Å². The molecule has 0 aliphatic heterocycles. The van der Waals surface area contributed by atoms with Crippen molar-refractivity contribution in [1.82, 2.24) is 9.78 Å². The molecule has 0 spiro atoms. The van der Waals surface area contributed by atoms with Crippen LogP contribution in [0.5, 0.6) is 0 Å². The number of aliphatic hydroxyl groups is 1. The topological polar surface area (TPSA) is 61.8 Å². The molecular weight excluding hydrogens is 340 g/mol. The maximum Gasteiger partial charge on any atom is 0.430 e. The van der Waals surface area contributed by atoms with E-state index in [0.717, 1.165) is 12.1 Å². The molecule has 0 saturated heterocycles. The van der Waals surface area contributed by atoms with Crippen molar-refractivity contribution in [3.8, 4) is 17.3 Å². The largest absolute Gasteiger partial charge is 0.430 e. The predicted molar refractivity (Wildman–Crippen MR) is 69.4 cm³/mol. The molecule has 0 bridgehead atoms. The normalized spacial score (nSPS) is 13.0. The molecule has 1 aromatic heterocycles. The highest BCUT2D eigenvalue weighted by Gasteiger charge is 2.71. The maximum atomic E-state index is 12.8. The summed E-state index contributed by atoms with van der Waals surface area (Å²) in [5.74, 6) is 0. The van der Waals surface area contributed by atoms with E-state index >= 15 is 0 Å². The van der Waals surface area contributed by atoms with Crippen LogP contribution in [0.15, 0.2) is 30.5 Å². The van der Waals surface area contributed by atoms with Gasteiger partial charge in [-0.25, -0.2) is 0 Å². The molecule has 0 saturated carbocycles. The Labute approximate surface area is 131 Å². The summed E-state index contributed by atoms with van der Waals surface area (Å²) < 4.78 is 78.1. The zero-order chi connectivity index (χ0) is 18.3. The minimum absolute atomic E-state index is 0.104. The molecule has 4 nitrogen and oxygen atoms in total. The highest BCUT2D eigenvalue weighted by atomic mass is 19.4. The highest BCUT2D eigenvalue weighted by molar-refractivity contribution is 5.66. The van der Waals surface area contributed by atoms with E-state index in [1.165, 1.54) is 17.9 Å². The Morgan fingerprint density at radius 3 is 1.96 bits per heavy atom. The molecule has 1 aromatic carbocycles. The van der Waals surface area contributed by atoms with Crippen LogP contribution in [0, 0.1) is 11.3 Å². The molecule has 10 heteroatoms. The van der Waals surface area contributed by atoms with Crippen molar-refractivity contribution in [2.24, 2.45) is 7.05 Å². The Morgan fingerprint density at radius 1 is 1.04 bits per heavy atom. The molecule has 2 aromatic rings. The predicted octanol–water partition coefficient (Wildman–Crippen LogP) is 3.27. The van der Waals surface area contributed by atoms with Crippen LogP contribution in [0.3, 0.4) is 0 Å². The number of aromatic nitrogens is 2. The molecule has 1 N–H and O–H groups in total. The van der Waals surface area contributed by atoms with Crippen LogP contribution < -0.4 is 0 Å². The third-order valence-corrected chi connectivity index (χ3v) is 3.35. The summed E-state index contributed by atoms with van der Waals surface area (Å²) in [6.07, 6.45) is -10.5. The van der Waals surface area contributed by atoms with Crippen molar-refractivity contribution in [1.29, 1.82) is 5.26 Å². The lowest BCUT2D eigenvalue weighted by Gasteiger charge is -2.32. The number of nitrogens with zero attached hydrogens (tertiary/aromatic N) is 3. The molecule has 128 valence electrons. The molecular formula is C14H9F6N3O. The van der Waals surface area contributed by atoms with E-state index in [2.05, 4.69) is 5.10 Å². The first-order chi connectivity index (χ1) is 10.9. The van der Waals surface area contributed by atoms with E-state index in [1.54, 1.807) is 0 Å². The molecule has 0 aliphatic rings. The molecule has 0 fully saturated rings. The number of halogens is 6. The first-order valence-electron chi connectivity index (χ1n) is 6.32. The zero-order valence-electron chi connectivity index (χ0n) is 11.9. The van der Waals surface area contributed by atoms with Gasteiger partial charge in [-0.1, -0.05) is 24.3 Å². The standard InChI is InChI=1S/C14H9F6N3O/c1-23-7-9(6-21)11(22-23)8-2-4-10(5-3-8)12(24,13(15,16)17)14(18,19)20/h2-5,7,24H,1H3. The average molecular weight is 349 g/mol. The lowest BCUT2D eigenvalue weighted by atomic mass is 9.91. The molecule has 0 amide bonds. The number of benzene rings is 1. The fourth-order valence-corrected chi connectivity index (χ4v) is 2.14. The van der Waals surface area contributed by atoms with Gasteiger partial charge in [0.15, 0.2) is 0 Å². The van der Waals surface area contributed by atoms with Gasteiger partial charge in [0.1, 0.15) is 11.8 Å². The van der Waals surface area contributed by atoms with Crippen molar-refractivity contribution in [2.75, 3.05) is 0 Å². The molecule has 24 heavy (non-hydrogen) atoms. The third kappa shape index (κ3) is 2.71. The van der Waals surface area contributed by atoms with E-state index in [1.807, 2.05) is 6.07 Å². The number of hydrogen-bond acceptors (Lipinski definition) is 3. The highest BCUT2D eigenvalue weighted by Crippen LogP contribution is 2.50. The van der Waals surface area contributed by atoms with Crippen LogP contribution in [-0.2, 0) is 12.6 Å². The second-order valence-corrected chi connectivity index (χ2v) is 4.96. The van der Waals surface area contributed by atoms with E-state index in [9.17, 15) is 31.4 Å². The molecule has 0 unspecified atom stereocenters. The summed E-state index contributed by atoms with van der Waals surface area (Å²) in [6, 6.07) is 4.69. The lowest BCUT2D eigenvalue weighted by molar-refractivity contribution is -0.376. The van der Waals surface area contributed by atoms with Gasteiger partial charge in [0.25, 0.3) is 5.60 Å². The van der Waals surface area contributed by atoms with Gasteiger partial charge in [-0.2, -0.15) is 36.7 Å². The lowest BCUT2D eigenvalue weighted by Crippen LogP contribution is -2.53. The number of alkyl halides is 6. The van der Waals surface area contributed by atoms with Gasteiger partial charge in [-0.15, -0.1) is 0 Å².